The largest absolute Gasteiger partial charge is 0.480 e. The van der Waals surface area contributed by atoms with Gasteiger partial charge in [-0.05, 0) is 50.7 Å². The number of carboxylic acid groups (broad SMARTS) is 1. The van der Waals surface area contributed by atoms with Crippen LogP contribution >= 0.6 is 23.3 Å². The van der Waals surface area contributed by atoms with Gasteiger partial charge in [0.05, 0.1) is 0 Å². The van der Waals surface area contributed by atoms with Gasteiger partial charge in [-0.15, -0.1) is 0 Å². The number of nitrogens with zero attached hydrogens (tertiary/aromatic N) is 2. The Morgan fingerprint density at radius 1 is 1.68 bits per heavy atom. The molecule has 0 saturated heterocycles. The summed E-state index contributed by atoms with van der Waals surface area (Å²) in [6.07, 6.45) is 3.60. The molecule has 2 rings (SSSR count). The van der Waals surface area contributed by atoms with Crippen molar-refractivity contribution in [3.63, 3.8) is 0 Å². The van der Waals surface area contributed by atoms with Gasteiger partial charge in [-0.25, -0.2) is 4.98 Å². The van der Waals surface area contributed by atoms with Crippen LogP contribution in [-0.4, -0.2) is 38.8 Å². The number of hydrogen-bond acceptors (Lipinski definition) is 6. The van der Waals surface area contributed by atoms with Crippen molar-refractivity contribution in [1.82, 2.24) is 14.7 Å². The predicted octanol–water partition coefficient (Wildman–Crippen LogP) is 2.17. The molecule has 106 valence electrons. The molecule has 1 fully saturated rings. The van der Waals surface area contributed by atoms with E-state index in [0.717, 1.165) is 41.6 Å². The fraction of sp³-hybridized carbons (Fsp3) is 0.750. The highest BCUT2D eigenvalue weighted by atomic mass is 32.2. The minimum atomic E-state index is -0.725. The predicted molar refractivity (Wildman–Crippen MR) is 76.8 cm³/mol. The molecule has 1 aromatic heterocycles. The minimum absolute atomic E-state index is 0.205. The summed E-state index contributed by atoms with van der Waals surface area (Å²) in [5.41, 5.74) is -0.725. The summed E-state index contributed by atoms with van der Waals surface area (Å²) in [5, 5.41) is 12.5. The van der Waals surface area contributed by atoms with Crippen molar-refractivity contribution >= 4 is 29.3 Å². The molecule has 0 bridgehead atoms. The average molecular weight is 301 g/mol. The third kappa shape index (κ3) is 3.09. The maximum atomic E-state index is 11.5. The van der Waals surface area contributed by atoms with E-state index in [-0.39, 0.29) is 5.92 Å². The summed E-state index contributed by atoms with van der Waals surface area (Å²) < 4.78 is 5.12. The van der Waals surface area contributed by atoms with Crippen molar-refractivity contribution in [2.75, 3.05) is 12.8 Å². The van der Waals surface area contributed by atoms with E-state index < -0.39 is 11.5 Å². The molecule has 0 radical (unpaired) electrons. The second-order valence-electron chi connectivity index (χ2n) is 4.86. The zero-order chi connectivity index (χ0) is 13.9. The highest BCUT2D eigenvalue weighted by Crippen LogP contribution is 2.39. The second kappa shape index (κ2) is 6.19. The van der Waals surface area contributed by atoms with Crippen LogP contribution in [0.1, 0.15) is 31.5 Å². The first-order chi connectivity index (χ1) is 9.08. The molecule has 1 aliphatic rings. The molecular formula is C12H19N3O2S2. The lowest BCUT2D eigenvalue weighted by molar-refractivity contribution is -0.146. The van der Waals surface area contributed by atoms with Gasteiger partial charge in [0.1, 0.15) is 11.4 Å². The van der Waals surface area contributed by atoms with Crippen molar-refractivity contribution in [1.29, 1.82) is 0 Å². The van der Waals surface area contributed by atoms with Crippen LogP contribution in [0.25, 0.3) is 0 Å². The Balaban J connectivity index is 1.89. The van der Waals surface area contributed by atoms with Gasteiger partial charge in [0.2, 0.25) is 0 Å². The molecule has 2 unspecified atom stereocenters. The Morgan fingerprint density at radius 2 is 2.47 bits per heavy atom. The molecule has 7 heteroatoms. The molecule has 0 amide bonds. The molecule has 1 saturated carbocycles. The SMILES string of the molecule is CNC1(C(=O)O)CCCC1CCSc1nc(C)ns1. The summed E-state index contributed by atoms with van der Waals surface area (Å²) in [6, 6.07) is 0. The smallest absolute Gasteiger partial charge is 0.324 e. The maximum Gasteiger partial charge on any atom is 0.324 e. The summed E-state index contributed by atoms with van der Waals surface area (Å²) in [5.74, 6) is 1.20. The van der Waals surface area contributed by atoms with Gasteiger partial charge in [-0.1, -0.05) is 18.2 Å². The molecule has 0 spiro atoms. The van der Waals surface area contributed by atoms with Gasteiger partial charge >= 0.3 is 5.97 Å². The van der Waals surface area contributed by atoms with E-state index >= 15 is 0 Å². The lowest BCUT2D eigenvalue weighted by Gasteiger charge is -2.30. The molecular weight excluding hydrogens is 282 g/mol. The van der Waals surface area contributed by atoms with Crippen LogP contribution in [0.3, 0.4) is 0 Å². The topological polar surface area (TPSA) is 75.1 Å². The van der Waals surface area contributed by atoms with Gasteiger partial charge < -0.3 is 10.4 Å². The van der Waals surface area contributed by atoms with E-state index in [4.69, 9.17) is 0 Å². The van der Waals surface area contributed by atoms with Crippen molar-refractivity contribution < 1.29 is 9.90 Å². The van der Waals surface area contributed by atoms with Gasteiger partial charge in [0.15, 0.2) is 4.34 Å². The zero-order valence-corrected chi connectivity index (χ0v) is 12.8. The van der Waals surface area contributed by atoms with E-state index in [9.17, 15) is 9.90 Å². The van der Waals surface area contributed by atoms with E-state index in [1.165, 1.54) is 11.5 Å². The Hall–Kier alpha value is -0.660. The van der Waals surface area contributed by atoms with E-state index in [2.05, 4.69) is 14.7 Å². The summed E-state index contributed by atoms with van der Waals surface area (Å²) in [6.45, 7) is 1.88. The number of nitrogens with one attached hydrogen (secondary N) is 1. The van der Waals surface area contributed by atoms with Crippen molar-refractivity contribution in [3.8, 4) is 0 Å². The van der Waals surface area contributed by atoms with Crippen LogP contribution in [0, 0.1) is 12.8 Å². The van der Waals surface area contributed by atoms with Gasteiger partial charge in [0, 0.05) is 5.75 Å². The Morgan fingerprint density at radius 3 is 3.05 bits per heavy atom. The Labute approximate surface area is 121 Å². The minimum Gasteiger partial charge on any atom is -0.480 e. The molecule has 0 aliphatic heterocycles. The third-order valence-corrected chi connectivity index (χ3v) is 5.81. The Kier molecular flexibility index (Phi) is 4.81. The number of likely N-dealkylation sites (N-methyl/N-ethyl adjacent to an activating group) is 1. The van der Waals surface area contributed by atoms with Crippen LogP contribution in [0.2, 0.25) is 0 Å². The number of rotatable bonds is 6. The van der Waals surface area contributed by atoms with Crippen LogP contribution in [0.4, 0.5) is 0 Å². The highest BCUT2D eigenvalue weighted by molar-refractivity contribution is 8.00. The van der Waals surface area contributed by atoms with Crippen molar-refractivity contribution in [2.24, 2.45) is 5.92 Å². The number of aromatic nitrogens is 2. The van der Waals surface area contributed by atoms with Gasteiger partial charge in [-0.3, -0.25) is 4.79 Å². The van der Waals surface area contributed by atoms with E-state index in [1.54, 1.807) is 18.8 Å². The molecule has 5 nitrogen and oxygen atoms in total. The zero-order valence-electron chi connectivity index (χ0n) is 11.2. The lowest BCUT2D eigenvalue weighted by atomic mass is 9.85. The van der Waals surface area contributed by atoms with Crippen molar-refractivity contribution in [3.05, 3.63) is 5.82 Å². The first kappa shape index (κ1) is 14.7. The number of carbonyl (C=O) groups is 1. The maximum absolute atomic E-state index is 11.5. The van der Waals surface area contributed by atoms with E-state index in [0.29, 0.717) is 0 Å². The van der Waals surface area contributed by atoms with Crippen LogP contribution in [-0.2, 0) is 4.79 Å². The summed E-state index contributed by atoms with van der Waals surface area (Å²) in [7, 11) is 1.76. The van der Waals surface area contributed by atoms with Gasteiger partial charge in [0.25, 0.3) is 0 Å². The van der Waals surface area contributed by atoms with Crippen molar-refractivity contribution in [2.45, 2.75) is 42.5 Å². The molecule has 1 heterocycles. The molecule has 2 atom stereocenters. The number of hydrogen-bond donors (Lipinski definition) is 2. The second-order valence-corrected chi connectivity index (χ2v) is 6.95. The molecule has 0 aromatic carbocycles. The highest BCUT2D eigenvalue weighted by Gasteiger charge is 2.47. The van der Waals surface area contributed by atoms with E-state index in [1.807, 2.05) is 6.92 Å². The number of aliphatic carboxylic acids is 1. The third-order valence-electron chi connectivity index (χ3n) is 3.85. The molecule has 1 aromatic rings. The number of thioether (sulfide) groups is 1. The normalized spacial score (nSPS) is 26.7. The molecule has 2 N–H and O–H groups in total. The molecule has 19 heavy (non-hydrogen) atoms. The summed E-state index contributed by atoms with van der Waals surface area (Å²) in [4.78, 5) is 15.8. The fourth-order valence-electron chi connectivity index (χ4n) is 2.81. The summed E-state index contributed by atoms with van der Waals surface area (Å²) >= 11 is 3.09. The lowest BCUT2D eigenvalue weighted by Crippen LogP contribution is -2.53. The Bertz CT molecular complexity index is 452. The van der Waals surface area contributed by atoms with Crippen LogP contribution in [0.5, 0.6) is 0 Å². The quantitative estimate of drug-likeness (QED) is 0.784. The standard InChI is InChI=1S/C12H19N3O2S2/c1-8-14-11(19-15-8)18-7-5-9-4-3-6-12(9,13-2)10(16)17/h9,13H,3-7H2,1-2H3,(H,16,17). The van der Waals surface area contributed by atoms with Crippen LogP contribution in [0.15, 0.2) is 4.34 Å². The fourth-order valence-corrected chi connectivity index (χ4v) is 4.58. The monoisotopic (exact) mass is 301 g/mol. The van der Waals surface area contributed by atoms with Crippen LogP contribution < -0.4 is 5.32 Å². The molecule has 1 aliphatic carbocycles. The first-order valence-electron chi connectivity index (χ1n) is 6.44. The van der Waals surface area contributed by atoms with Gasteiger partial charge in [-0.2, -0.15) is 4.37 Å². The number of carboxylic acids is 1. The average Bonchev–Trinajstić information content (AvgIpc) is 2.96. The number of aryl methyl sites for hydroxylation is 1. The first-order valence-corrected chi connectivity index (χ1v) is 8.20.